The average Bonchev–Trinajstić information content (AvgIpc) is 3.07. The molecule has 0 aliphatic heterocycles. The number of phenols is 2. The normalized spacial score (nSPS) is 11.6. The minimum Gasteiger partial charge on any atom is -0.506 e. The molecule has 0 unspecified atom stereocenters. The standard InChI is InChI=1S/C35H26N4O11S2/c40-29-17-27(23-11-1-3-13-25(23)31(29)51(45,46)47)38-33(42)19-7-5-9-21(15-19)36-35(44)37-22-10-6-8-20(16-22)34(43)39-28-18-30(41)32(52(48,49)50)26-14-4-2-12-24(26)28/h1-18,40-41H,(H,38,42)(H,39,43)(H2,36,37,44)(H,45,46,47)(H,48,49,50). The fourth-order valence-corrected chi connectivity index (χ4v) is 7.13. The summed E-state index contributed by atoms with van der Waals surface area (Å²) in [7, 11) is -9.58. The van der Waals surface area contributed by atoms with Crippen molar-refractivity contribution in [2.75, 3.05) is 21.3 Å². The van der Waals surface area contributed by atoms with Gasteiger partial charge in [-0.2, -0.15) is 16.8 Å². The quantitative estimate of drug-likeness (QED) is 0.0834. The monoisotopic (exact) mass is 742 g/mol. The van der Waals surface area contributed by atoms with Gasteiger partial charge in [-0.3, -0.25) is 18.7 Å². The lowest BCUT2D eigenvalue weighted by atomic mass is 10.1. The molecule has 8 N–H and O–H groups in total. The molecular formula is C35H26N4O11S2. The number of hydrogen-bond acceptors (Lipinski definition) is 9. The lowest BCUT2D eigenvalue weighted by Crippen LogP contribution is -2.20. The molecule has 0 heterocycles. The van der Waals surface area contributed by atoms with Crippen LogP contribution in [0.3, 0.4) is 0 Å². The summed E-state index contributed by atoms with van der Waals surface area (Å²) < 4.78 is 66.8. The molecule has 6 aromatic carbocycles. The third kappa shape index (κ3) is 7.32. The first-order chi connectivity index (χ1) is 24.6. The summed E-state index contributed by atoms with van der Waals surface area (Å²) in [4.78, 5) is 37.9. The van der Waals surface area contributed by atoms with E-state index in [1.165, 1.54) is 84.9 Å². The second-order valence-electron chi connectivity index (χ2n) is 11.2. The van der Waals surface area contributed by atoms with E-state index < -0.39 is 59.4 Å². The number of anilines is 4. The van der Waals surface area contributed by atoms with E-state index >= 15 is 0 Å². The molecule has 0 atom stereocenters. The number of rotatable bonds is 8. The summed E-state index contributed by atoms with van der Waals surface area (Å²) in [6, 6.07) is 24.8. The van der Waals surface area contributed by atoms with E-state index in [2.05, 4.69) is 21.3 Å². The van der Waals surface area contributed by atoms with Gasteiger partial charge in [-0.25, -0.2) is 4.79 Å². The summed E-state index contributed by atoms with van der Waals surface area (Å²) in [6.07, 6.45) is 0. The van der Waals surface area contributed by atoms with Crippen molar-refractivity contribution in [2.45, 2.75) is 9.79 Å². The molecule has 0 saturated carbocycles. The molecule has 0 spiro atoms. The number of nitrogens with one attached hydrogen (secondary N) is 4. The number of hydrogen-bond donors (Lipinski definition) is 8. The van der Waals surface area contributed by atoms with Crippen LogP contribution < -0.4 is 21.3 Å². The molecule has 0 aliphatic rings. The van der Waals surface area contributed by atoms with E-state index in [0.717, 1.165) is 12.1 Å². The van der Waals surface area contributed by atoms with Gasteiger partial charge in [0.15, 0.2) is 0 Å². The number of carbonyl (C=O) groups excluding carboxylic acids is 3. The van der Waals surface area contributed by atoms with E-state index in [1.54, 1.807) is 12.1 Å². The Hall–Kier alpha value is -6.53. The number of benzene rings is 6. The average molecular weight is 743 g/mol. The second kappa shape index (κ2) is 13.6. The molecule has 264 valence electrons. The highest BCUT2D eigenvalue weighted by Crippen LogP contribution is 2.38. The zero-order valence-corrected chi connectivity index (χ0v) is 28.0. The van der Waals surface area contributed by atoms with E-state index in [4.69, 9.17) is 0 Å². The Morgan fingerprint density at radius 1 is 0.462 bits per heavy atom. The molecule has 0 bridgehead atoms. The first kappa shape index (κ1) is 35.3. The van der Waals surface area contributed by atoms with Crippen LogP contribution in [-0.4, -0.2) is 54.0 Å². The molecule has 0 fully saturated rings. The SMILES string of the molecule is O=C(Nc1cccc(C(=O)Nc2cc(O)c(S(=O)(=O)O)c3ccccc23)c1)Nc1cccc(C(=O)Nc2cc(O)c(S(=O)(=O)O)c3ccccc23)c1. The van der Waals surface area contributed by atoms with Crippen LogP contribution in [0.4, 0.5) is 27.5 Å². The van der Waals surface area contributed by atoms with Crippen molar-refractivity contribution in [3.8, 4) is 11.5 Å². The van der Waals surface area contributed by atoms with Crippen molar-refractivity contribution in [1.82, 2.24) is 0 Å². The van der Waals surface area contributed by atoms with Crippen LogP contribution in [0.5, 0.6) is 11.5 Å². The number of fused-ring (bicyclic) bond motifs is 2. The Kier molecular flexibility index (Phi) is 9.26. The van der Waals surface area contributed by atoms with Crippen molar-refractivity contribution >= 4 is 82.4 Å². The predicted octanol–water partition coefficient (Wildman–Crippen LogP) is 6.05. The lowest BCUT2D eigenvalue weighted by molar-refractivity contribution is 0.101. The molecule has 52 heavy (non-hydrogen) atoms. The van der Waals surface area contributed by atoms with Crippen LogP contribution in [0.15, 0.2) is 119 Å². The fraction of sp³-hybridized carbons (Fsp3) is 0. The minimum absolute atomic E-state index is 0.0175. The van der Waals surface area contributed by atoms with Gasteiger partial charge in [-0.1, -0.05) is 60.7 Å². The highest BCUT2D eigenvalue weighted by molar-refractivity contribution is 7.86. The van der Waals surface area contributed by atoms with Crippen molar-refractivity contribution in [3.05, 3.63) is 120 Å². The second-order valence-corrected chi connectivity index (χ2v) is 14.0. The predicted molar refractivity (Wildman–Crippen MR) is 192 cm³/mol. The van der Waals surface area contributed by atoms with Crippen molar-refractivity contribution in [1.29, 1.82) is 0 Å². The number of phenolic OH excluding ortho intramolecular Hbond substituents is 2. The molecule has 6 rings (SSSR count). The maximum absolute atomic E-state index is 13.2. The van der Waals surface area contributed by atoms with Gasteiger partial charge in [0.1, 0.15) is 21.3 Å². The van der Waals surface area contributed by atoms with Gasteiger partial charge < -0.3 is 31.5 Å². The van der Waals surface area contributed by atoms with Crippen LogP contribution in [-0.2, 0) is 20.2 Å². The lowest BCUT2D eigenvalue weighted by Gasteiger charge is -2.14. The van der Waals surface area contributed by atoms with Crippen molar-refractivity contribution in [3.63, 3.8) is 0 Å². The van der Waals surface area contributed by atoms with Crippen LogP contribution in [0.1, 0.15) is 20.7 Å². The number of aromatic hydroxyl groups is 2. The third-order valence-electron chi connectivity index (χ3n) is 7.73. The molecule has 0 aromatic heterocycles. The molecule has 0 saturated heterocycles. The number of carbonyl (C=O) groups is 3. The van der Waals surface area contributed by atoms with E-state index in [1.807, 2.05) is 0 Å². The third-order valence-corrected chi connectivity index (χ3v) is 9.62. The van der Waals surface area contributed by atoms with Gasteiger partial charge >= 0.3 is 6.03 Å². The summed E-state index contributed by atoms with van der Waals surface area (Å²) in [5.74, 6) is -2.87. The summed E-state index contributed by atoms with van der Waals surface area (Å²) in [5.41, 5.74) is 0.697. The molecular weight excluding hydrogens is 717 g/mol. The maximum atomic E-state index is 13.2. The Labute approximate surface area is 295 Å². The van der Waals surface area contributed by atoms with E-state index in [-0.39, 0.29) is 55.4 Å². The summed E-state index contributed by atoms with van der Waals surface area (Å²) in [6.45, 7) is 0. The van der Waals surface area contributed by atoms with Gasteiger partial charge in [-0.15, -0.1) is 0 Å². The van der Waals surface area contributed by atoms with Crippen LogP contribution in [0, 0.1) is 0 Å². The minimum atomic E-state index is -4.79. The molecule has 6 aromatic rings. The molecule has 0 aliphatic carbocycles. The van der Waals surface area contributed by atoms with E-state index in [0.29, 0.717) is 0 Å². The van der Waals surface area contributed by atoms with Crippen molar-refractivity contribution in [2.24, 2.45) is 0 Å². The van der Waals surface area contributed by atoms with Gasteiger partial charge in [0.25, 0.3) is 32.1 Å². The Morgan fingerprint density at radius 2 is 0.827 bits per heavy atom. The first-order valence-electron chi connectivity index (χ1n) is 15.0. The Balaban J connectivity index is 1.16. The van der Waals surface area contributed by atoms with Gasteiger partial charge in [0.05, 0.1) is 11.4 Å². The van der Waals surface area contributed by atoms with Crippen LogP contribution in [0.2, 0.25) is 0 Å². The van der Waals surface area contributed by atoms with Crippen LogP contribution in [0.25, 0.3) is 21.5 Å². The van der Waals surface area contributed by atoms with Gasteiger partial charge in [0, 0.05) is 56.2 Å². The highest BCUT2D eigenvalue weighted by atomic mass is 32.2. The molecule has 17 heteroatoms. The number of amides is 4. The molecule has 15 nitrogen and oxygen atoms in total. The van der Waals surface area contributed by atoms with E-state index in [9.17, 15) is 50.5 Å². The van der Waals surface area contributed by atoms with Gasteiger partial charge in [-0.05, 0) is 36.4 Å². The highest BCUT2D eigenvalue weighted by Gasteiger charge is 2.24. The fourth-order valence-electron chi connectivity index (χ4n) is 5.58. The topological polar surface area (TPSA) is 249 Å². The maximum Gasteiger partial charge on any atom is 0.323 e. The van der Waals surface area contributed by atoms with Crippen molar-refractivity contribution < 1.29 is 50.5 Å². The summed E-state index contributed by atoms with van der Waals surface area (Å²) >= 11 is 0. The van der Waals surface area contributed by atoms with Gasteiger partial charge in [0.2, 0.25) is 0 Å². The molecule has 4 amide bonds. The Bertz CT molecular complexity index is 2500. The van der Waals surface area contributed by atoms with Crippen LogP contribution >= 0.6 is 0 Å². The largest absolute Gasteiger partial charge is 0.506 e. The smallest absolute Gasteiger partial charge is 0.323 e. The Morgan fingerprint density at radius 3 is 1.19 bits per heavy atom. The molecule has 0 radical (unpaired) electrons. The summed E-state index contributed by atoms with van der Waals surface area (Å²) in [5, 5.41) is 31.5. The number of urea groups is 1. The zero-order valence-electron chi connectivity index (χ0n) is 26.4. The zero-order chi connectivity index (χ0) is 37.4. The first-order valence-corrected chi connectivity index (χ1v) is 17.8.